The van der Waals surface area contributed by atoms with Gasteiger partial charge in [0.1, 0.15) is 0 Å². The first-order valence-electron chi connectivity index (χ1n) is 6.17. The predicted octanol–water partition coefficient (Wildman–Crippen LogP) is 3.91. The van der Waals surface area contributed by atoms with Gasteiger partial charge in [0.25, 0.3) is 0 Å². The number of hydrogen-bond donors (Lipinski definition) is 1. The number of nitrogens with one attached hydrogen (secondary N) is 1. The standard InChI is InChI=1S/C12H18N4S2/c1-5-6-16-11(14-15-12(16)17)10-9(7(2)3)13-8(4)18-10/h7H,5-6H2,1-4H3,(H,15,17). The number of hydrogen-bond acceptors (Lipinski definition) is 4. The lowest BCUT2D eigenvalue weighted by atomic mass is 10.1. The van der Waals surface area contributed by atoms with Crippen molar-refractivity contribution in [1.29, 1.82) is 0 Å². The molecule has 6 heteroatoms. The summed E-state index contributed by atoms with van der Waals surface area (Å²) >= 11 is 6.97. The zero-order chi connectivity index (χ0) is 13.3. The summed E-state index contributed by atoms with van der Waals surface area (Å²) in [6, 6.07) is 0. The van der Waals surface area contributed by atoms with Crippen molar-refractivity contribution >= 4 is 23.6 Å². The quantitative estimate of drug-likeness (QED) is 0.865. The Labute approximate surface area is 116 Å². The molecule has 0 aliphatic heterocycles. The lowest BCUT2D eigenvalue weighted by Gasteiger charge is -2.06. The first-order chi connectivity index (χ1) is 8.54. The van der Waals surface area contributed by atoms with E-state index in [1.54, 1.807) is 11.3 Å². The minimum atomic E-state index is 0.394. The molecule has 0 fully saturated rings. The van der Waals surface area contributed by atoms with Crippen molar-refractivity contribution in [2.75, 3.05) is 0 Å². The number of H-pyrrole nitrogens is 1. The molecule has 0 spiro atoms. The lowest BCUT2D eigenvalue weighted by Crippen LogP contribution is -2.01. The van der Waals surface area contributed by atoms with Gasteiger partial charge in [-0.15, -0.1) is 11.3 Å². The maximum Gasteiger partial charge on any atom is 0.195 e. The minimum Gasteiger partial charge on any atom is -0.299 e. The summed E-state index contributed by atoms with van der Waals surface area (Å²) in [5.41, 5.74) is 1.11. The summed E-state index contributed by atoms with van der Waals surface area (Å²) in [5.74, 6) is 1.32. The highest BCUT2D eigenvalue weighted by Gasteiger charge is 2.19. The highest BCUT2D eigenvalue weighted by atomic mass is 32.1. The molecule has 0 radical (unpaired) electrons. The second kappa shape index (κ2) is 5.32. The molecule has 0 unspecified atom stereocenters. The monoisotopic (exact) mass is 282 g/mol. The second-order valence-corrected chi connectivity index (χ2v) is 6.20. The lowest BCUT2D eigenvalue weighted by molar-refractivity contribution is 0.674. The van der Waals surface area contributed by atoms with Crippen LogP contribution in [0.5, 0.6) is 0 Å². The third-order valence-electron chi connectivity index (χ3n) is 2.72. The maximum absolute atomic E-state index is 5.28. The molecule has 0 aliphatic rings. The molecule has 2 heterocycles. The van der Waals surface area contributed by atoms with Crippen molar-refractivity contribution < 1.29 is 0 Å². The SMILES string of the molecule is CCCn1c(-c2sc(C)nc2C(C)C)n[nH]c1=S. The van der Waals surface area contributed by atoms with Crippen molar-refractivity contribution in [2.24, 2.45) is 0 Å². The normalized spacial score (nSPS) is 11.4. The Bertz CT molecular complexity index is 591. The fraction of sp³-hybridized carbons (Fsp3) is 0.583. The van der Waals surface area contributed by atoms with Crippen molar-refractivity contribution in [3.8, 4) is 10.7 Å². The first kappa shape index (κ1) is 13.4. The zero-order valence-electron chi connectivity index (χ0n) is 11.1. The van der Waals surface area contributed by atoms with Gasteiger partial charge in [-0.25, -0.2) is 4.98 Å². The van der Waals surface area contributed by atoms with Crippen LogP contribution in [0.15, 0.2) is 0 Å². The molecular formula is C12H18N4S2. The molecule has 2 rings (SSSR count). The Morgan fingerprint density at radius 1 is 1.44 bits per heavy atom. The minimum absolute atomic E-state index is 0.394. The molecule has 98 valence electrons. The Morgan fingerprint density at radius 2 is 2.17 bits per heavy atom. The van der Waals surface area contributed by atoms with Crippen molar-refractivity contribution in [2.45, 2.75) is 46.6 Å². The molecule has 4 nitrogen and oxygen atoms in total. The van der Waals surface area contributed by atoms with Gasteiger partial charge in [-0.3, -0.25) is 9.67 Å². The van der Waals surface area contributed by atoms with E-state index in [0.29, 0.717) is 10.7 Å². The van der Waals surface area contributed by atoms with Gasteiger partial charge < -0.3 is 0 Å². The molecule has 0 amide bonds. The van der Waals surface area contributed by atoms with Crippen molar-refractivity contribution in [3.05, 3.63) is 15.5 Å². The summed E-state index contributed by atoms with van der Waals surface area (Å²) < 4.78 is 2.75. The number of rotatable bonds is 4. The van der Waals surface area contributed by atoms with E-state index in [4.69, 9.17) is 12.2 Å². The first-order valence-corrected chi connectivity index (χ1v) is 7.40. The van der Waals surface area contributed by atoms with E-state index >= 15 is 0 Å². The number of nitrogens with zero attached hydrogens (tertiary/aromatic N) is 3. The van der Waals surface area contributed by atoms with E-state index in [9.17, 15) is 0 Å². The summed E-state index contributed by atoms with van der Waals surface area (Å²) in [6.07, 6.45) is 1.04. The van der Waals surface area contributed by atoms with Crippen molar-refractivity contribution in [1.82, 2.24) is 19.7 Å². The average Bonchev–Trinajstić information content (AvgIpc) is 2.84. The van der Waals surface area contributed by atoms with Gasteiger partial charge in [-0.05, 0) is 31.5 Å². The van der Waals surface area contributed by atoms with Crippen LogP contribution >= 0.6 is 23.6 Å². The molecule has 0 bridgehead atoms. The Kier molecular flexibility index (Phi) is 3.97. The smallest absolute Gasteiger partial charge is 0.195 e. The fourth-order valence-corrected chi connectivity index (χ4v) is 3.21. The molecule has 0 atom stereocenters. The van der Waals surface area contributed by atoms with E-state index in [-0.39, 0.29) is 0 Å². The molecule has 2 aromatic heterocycles. The van der Waals surface area contributed by atoms with Crippen LogP contribution in [-0.4, -0.2) is 19.7 Å². The molecule has 0 saturated heterocycles. The highest BCUT2D eigenvalue weighted by molar-refractivity contribution is 7.71. The Hall–Kier alpha value is -1.01. The van der Waals surface area contributed by atoms with Crippen LogP contribution in [0.3, 0.4) is 0 Å². The van der Waals surface area contributed by atoms with E-state index in [1.807, 2.05) is 6.92 Å². The summed E-state index contributed by atoms with van der Waals surface area (Å²) in [6.45, 7) is 9.37. The molecule has 18 heavy (non-hydrogen) atoms. The summed E-state index contributed by atoms with van der Waals surface area (Å²) in [4.78, 5) is 5.76. The average molecular weight is 282 g/mol. The van der Waals surface area contributed by atoms with E-state index < -0.39 is 0 Å². The molecule has 0 aliphatic carbocycles. The van der Waals surface area contributed by atoms with E-state index in [0.717, 1.165) is 34.4 Å². The Morgan fingerprint density at radius 3 is 2.78 bits per heavy atom. The van der Waals surface area contributed by atoms with Gasteiger partial charge in [0.05, 0.1) is 15.6 Å². The van der Waals surface area contributed by atoms with E-state index in [2.05, 4.69) is 40.5 Å². The number of aromatic amines is 1. The van der Waals surface area contributed by atoms with Crippen LogP contribution in [0, 0.1) is 11.7 Å². The van der Waals surface area contributed by atoms with Crippen LogP contribution in [0.4, 0.5) is 0 Å². The fourth-order valence-electron chi connectivity index (χ4n) is 1.92. The van der Waals surface area contributed by atoms with Crippen LogP contribution in [0.1, 0.15) is 43.8 Å². The van der Waals surface area contributed by atoms with E-state index in [1.165, 1.54) is 0 Å². The highest BCUT2D eigenvalue weighted by Crippen LogP contribution is 2.33. The molecule has 0 aromatic carbocycles. The van der Waals surface area contributed by atoms with Gasteiger partial charge in [-0.2, -0.15) is 5.10 Å². The van der Waals surface area contributed by atoms with Gasteiger partial charge in [0, 0.05) is 6.54 Å². The molecular weight excluding hydrogens is 264 g/mol. The zero-order valence-corrected chi connectivity index (χ0v) is 12.8. The molecule has 1 N–H and O–H groups in total. The van der Waals surface area contributed by atoms with Gasteiger partial charge in [0.2, 0.25) is 0 Å². The van der Waals surface area contributed by atoms with Crippen LogP contribution < -0.4 is 0 Å². The van der Waals surface area contributed by atoms with Crippen molar-refractivity contribution in [3.63, 3.8) is 0 Å². The third-order valence-corrected chi connectivity index (χ3v) is 4.01. The second-order valence-electron chi connectivity index (χ2n) is 4.61. The number of thiazole rings is 1. The molecule has 2 aromatic rings. The maximum atomic E-state index is 5.28. The van der Waals surface area contributed by atoms with Crippen LogP contribution in [0.2, 0.25) is 0 Å². The predicted molar refractivity (Wildman–Crippen MR) is 77.6 cm³/mol. The van der Waals surface area contributed by atoms with Crippen LogP contribution in [-0.2, 0) is 6.54 Å². The largest absolute Gasteiger partial charge is 0.299 e. The van der Waals surface area contributed by atoms with Crippen LogP contribution in [0.25, 0.3) is 10.7 Å². The number of aromatic nitrogens is 4. The topological polar surface area (TPSA) is 46.5 Å². The Balaban J connectivity index is 2.58. The third kappa shape index (κ3) is 2.40. The molecule has 0 saturated carbocycles. The van der Waals surface area contributed by atoms with Gasteiger partial charge in [0.15, 0.2) is 10.6 Å². The van der Waals surface area contributed by atoms with Gasteiger partial charge >= 0.3 is 0 Å². The summed E-state index contributed by atoms with van der Waals surface area (Å²) in [7, 11) is 0. The van der Waals surface area contributed by atoms with Gasteiger partial charge in [-0.1, -0.05) is 20.8 Å². The number of aryl methyl sites for hydroxylation is 1. The summed E-state index contributed by atoms with van der Waals surface area (Å²) in [5, 5.41) is 8.34.